The summed E-state index contributed by atoms with van der Waals surface area (Å²) in [6, 6.07) is 16.6. The highest BCUT2D eigenvalue weighted by Crippen LogP contribution is 2.35. The van der Waals surface area contributed by atoms with Crippen molar-refractivity contribution in [2.75, 3.05) is 13.2 Å². The lowest BCUT2D eigenvalue weighted by molar-refractivity contribution is -0.296. The van der Waals surface area contributed by atoms with Crippen LogP contribution in [-0.2, 0) is 27.1 Å². The Bertz CT molecular complexity index is 1250. The SMILES string of the molecule is Cc1c(CC2CCCOC2OC2OCCCC2Cc2cccc(-c3ccon3)c2C)cccc1-c1ccon1. The summed E-state index contributed by atoms with van der Waals surface area (Å²) in [5, 5.41) is 8.29. The van der Waals surface area contributed by atoms with Crippen LogP contribution in [0.5, 0.6) is 0 Å². The van der Waals surface area contributed by atoms with Gasteiger partial charge in [0.25, 0.3) is 0 Å². The monoisotopic (exact) mass is 528 g/mol. The van der Waals surface area contributed by atoms with Gasteiger partial charge in [0.15, 0.2) is 12.6 Å². The molecule has 0 radical (unpaired) electrons. The van der Waals surface area contributed by atoms with E-state index in [1.807, 2.05) is 12.1 Å². The highest BCUT2D eigenvalue weighted by atomic mass is 16.8. The summed E-state index contributed by atoms with van der Waals surface area (Å²) in [5.74, 6) is 0.516. The van der Waals surface area contributed by atoms with Crippen LogP contribution in [-0.4, -0.2) is 36.1 Å². The number of ether oxygens (including phenoxy) is 3. The second kappa shape index (κ2) is 11.9. The summed E-state index contributed by atoms with van der Waals surface area (Å²) in [6.45, 7) is 5.76. The van der Waals surface area contributed by atoms with Crippen LogP contribution in [0.1, 0.15) is 47.9 Å². The number of nitrogens with zero attached hydrogens (tertiary/aromatic N) is 2. The minimum Gasteiger partial charge on any atom is -0.364 e. The van der Waals surface area contributed by atoms with Crippen LogP contribution in [0, 0.1) is 25.7 Å². The number of rotatable bonds is 8. The standard InChI is InChI=1S/C32H36N2O5/c1-21-23(7-3-11-27(21)29-13-17-37-33-29)19-25-9-5-15-35-31(25)39-32-26(10-6-16-36-32)20-24-8-4-12-28(22(24)2)30-14-18-38-34-30/h3-4,7-8,11-14,17-18,25-26,31-32H,5-6,9-10,15-16,19-20H2,1-2H3. The summed E-state index contributed by atoms with van der Waals surface area (Å²) < 4.78 is 29.4. The molecule has 2 aromatic carbocycles. The Balaban J connectivity index is 1.17. The largest absolute Gasteiger partial charge is 0.364 e. The molecule has 2 fully saturated rings. The second-order valence-electron chi connectivity index (χ2n) is 10.8. The molecule has 0 bridgehead atoms. The maximum absolute atomic E-state index is 6.69. The summed E-state index contributed by atoms with van der Waals surface area (Å²) in [4.78, 5) is 0. The fourth-order valence-corrected chi connectivity index (χ4v) is 6.10. The first-order valence-corrected chi connectivity index (χ1v) is 14.0. The number of aromatic nitrogens is 2. The molecule has 2 aliphatic heterocycles. The van der Waals surface area contributed by atoms with Crippen molar-refractivity contribution in [1.29, 1.82) is 0 Å². The molecule has 7 heteroatoms. The second-order valence-corrected chi connectivity index (χ2v) is 10.8. The van der Waals surface area contributed by atoms with Crippen molar-refractivity contribution in [2.45, 2.75) is 65.0 Å². The third-order valence-corrected chi connectivity index (χ3v) is 8.32. The van der Waals surface area contributed by atoms with Gasteiger partial charge in [-0.1, -0.05) is 46.7 Å². The third kappa shape index (κ3) is 5.71. The minimum atomic E-state index is -0.290. The van der Waals surface area contributed by atoms with Crippen molar-refractivity contribution in [3.63, 3.8) is 0 Å². The van der Waals surface area contributed by atoms with Crippen LogP contribution >= 0.6 is 0 Å². The summed E-state index contributed by atoms with van der Waals surface area (Å²) in [7, 11) is 0. The van der Waals surface area contributed by atoms with E-state index in [9.17, 15) is 0 Å². The molecule has 2 aliphatic rings. The van der Waals surface area contributed by atoms with Gasteiger partial charge in [-0.25, -0.2) is 0 Å². The van der Waals surface area contributed by atoms with E-state index in [2.05, 4.69) is 60.6 Å². The lowest BCUT2D eigenvalue weighted by Gasteiger charge is -2.38. The van der Waals surface area contributed by atoms with E-state index >= 15 is 0 Å². The van der Waals surface area contributed by atoms with Crippen molar-refractivity contribution < 1.29 is 23.3 Å². The van der Waals surface area contributed by atoms with Gasteiger partial charge in [-0.2, -0.15) is 0 Å². The Hall–Kier alpha value is -3.26. The van der Waals surface area contributed by atoms with E-state index in [1.54, 1.807) is 12.5 Å². The molecule has 0 saturated carbocycles. The van der Waals surface area contributed by atoms with Crippen LogP contribution < -0.4 is 0 Å². The first kappa shape index (κ1) is 26.0. The Morgan fingerprint density at radius 3 is 1.62 bits per heavy atom. The molecule has 4 unspecified atom stereocenters. The highest BCUT2D eigenvalue weighted by molar-refractivity contribution is 5.65. The first-order chi connectivity index (χ1) is 19.2. The van der Waals surface area contributed by atoms with Crippen LogP contribution in [0.3, 0.4) is 0 Å². The molecule has 4 aromatic rings. The smallest absolute Gasteiger partial charge is 0.163 e. The maximum atomic E-state index is 6.69. The molecule has 2 saturated heterocycles. The van der Waals surface area contributed by atoms with Gasteiger partial charge in [0, 0.05) is 48.3 Å². The summed E-state index contributed by atoms with van der Waals surface area (Å²) in [6.07, 6.45) is 8.63. The first-order valence-electron chi connectivity index (χ1n) is 14.0. The van der Waals surface area contributed by atoms with Crippen molar-refractivity contribution in [1.82, 2.24) is 10.3 Å². The molecular formula is C32H36N2O5. The van der Waals surface area contributed by atoms with E-state index in [4.69, 9.17) is 23.3 Å². The number of hydrogen-bond donors (Lipinski definition) is 0. The lowest BCUT2D eigenvalue weighted by Crippen LogP contribution is -2.42. The Kier molecular flexibility index (Phi) is 7.90. The maximum Gasteiger partial charge on any atom is 0.163 e. The number of benzene rings is 2. The summed E-state index contributed by atoms with van der Waals surface area (Å²) >= 11 is 0. The van der Waals surface area contributed by atoms with E-state index in [-0.39, 0.29) is 24.4 Å². The molecule has 7 nitrogen and oxygen atoms in total. The molecule has 0 N–H and O–H groups in total. The predicted molar refractivity (Wildman–Crippen MR) is 147 cm³/mol. The van der Waals surface area contributed by atoms with Gasteiger partial charge in [-0.15, -0.1) is 0 Å². The van der Waals surface area contributed by atoms with Gasteiger partial charge in [0.1, 0.15) is 23.9 Å². The average molecular weight is 529 g/mol. The summed E-state index contributed by atoms with van der Waals surface area (Å²) in [5.41, 5.74) is 8.98. The molecule has 39 heavy (non-hydrogen) atoms. The van der Waals surface area contributed by atoms with Crippen molar-refractivity contribution in [2.24, 2.45) is 11.8 Å². The molecule has 6 rings (SSSR count). The zero-order valence-corrected chi connectivity index (χ0v) is 22.7. The third-order valence-electron chi connectivity index (χ3n) is 8.32. The van der Waals surface area contributed by atoms with Crippen molar-refractivity contribution in [3.05, 3.63) is 83.3 Å². The minimum absolute atomic E-state index is 0.258. The highest BCUT2D eigenvalue weighted by Gasteiger charge is 2.35. The molecule has 204 valence electrons. The molecule has 4 heterocycles. The van der Waals surface area contributed by atoms with Gasteiger partial charge in [-0.3, -0.25) is 0 Å². The van der Waals surface area contributed by atoms with E-state index in [0.717, 1.165) is 74.3 Å². The molecule has 4 atom stereocenters. The van der Waals surface area contributed by atoms with Crippen LogP contribution in [0.2, 0.25) is 0 Å². The Labute approximate surface area is 229 Å². The van der Waals surface area contributed by atoms with Crippen LogP contribution in [0.15, 0.2) is 70.1 Å². The van der Waals surface area contributed by atoms with Crippen LogP contribution in [0.25, 0.3) is 22.5 Å². The molecule has 2 aromatic heterocycles. The number of hydrogen-bond acceptors (Lipinski definition) is 7. The van der Waals surface area contributed by atoms with Crippen LogP contribution in [0.4, 0.5) is 0 Å². The van der Waals surface area contributed by atoms with Gasteiger partial charge in [-0.05, 0) is 74.6 Å². The van der Waals surface area contributed by atoms with Gasteiger partial charge in [0.05, 0.1) is 0 Å². The topological polar surface area (TPSA) is 79.8 Å². The normalized spacial score (nSPS) is 23.6. The van der Waals surface area contributed by atoms with Crippen molar-refractivity contribution >= 4 is 0 Å². The van der Waals surface area contributed by atoms with Gasteiger partial charge < -0.3 is 23.3 Å². The molecule has 0 aliphatic carbocycles. The molecule has 0 spiro atoms. The van der Waals surface area contributed by atoms with Gasteiger partial charge in [0.2, 0.25) is 0 Å². The van der Waals surface area contributed by atoms with E-state index in [1.165, 1.54) is 22.3 Å². The fourth-order valence-electron chi connectivity index (χ4n) is 6.10. The van der Waals surface area contributed by atoms with E-state index < -0.39 is 0 Å². The Morgan fingerprint density at radius 2 is 1.18 bits per heavy atom. The zero-order valence-electron chi connectivity index (χ0n) is 22.7. The molecular weight excluding hydrogens is 492 g/mol. The van der Waals surface area contributed by atoms with Gasteiger partial charge >= 0.3 is 0 Å². The average Bonchev–Trinajstić information content (AvgIpc) is 3.68. The zero-order chi connectivity index (χ0) is 26.6. The lowest BCUT2D eigenvalue weighted by atomic mass is 9.87. The predicted octanol–water partition coefficient (Wildman–Crippen LogP) is 6.92. The van der Waals surface area contributed by atoms with Crippen molar-refractivity contribution in [3.8, 4) is 22.5 Å². The quantitative estimate of drug-likeness (QED) is 0.246. The van der Waals surface area contributed by atoms with E-state index in [0.29, 0.717) is 0 Å². The fraction of sp³-hybridized carbons (Fsp3) is 0.438. The molecule has 0 amide bonds. The Morgan fingerprint density at radius 1 is 0.692 bits per heavy atom.